The van der Waals surface area contributed by atoms with Gasteiger partial charge in [-0.05, 0) is 43.2 Å². The van der Waals surface area contributed by atoms with Gasteiger partial charge < -0.3 is 15.2 Å². The SMILES string of the molecule is CC(C)(C)c1ccn(-c2ccc(NC(=O)C3(c4ccc(OC(F)(F)F)cc4F)CC3)cc2C(=O)O)n1. The van der Waals surface area contributed by atoms with E-state index in [1.165, 1.54) is 22.9 Å². The van der Waals surface area contributed by atoms with Crippen LogP contribution in [0.15, 0.2) is 48.7 Å². The first-order valence-corrected chi connectivity index (χ1v) is 11.0. The van der Waals surface area contributed by atoms with Gasteiger partial charge in [0.1, 0.15) is 11.6 Å². The van der Waals surface area contributed by atoms with E-state index in [1.807, 2.05) is 20.8 Å². The number of carbonyl (C=O) groups excluding carboxylic acids is 1. The van der Waals surface area contributed by atoms with E-state index in [4.69, 9.17) is 0 Å². The number of halogens is 4. The maximum absolute atomic E-state index is 14.6. The van der Waals surface area contributed by atoms with Gasteiger partial charge in [-0.1, -0.05) is 26.8 Å². The Bertz CT molecular complexity index is 1340. The van der Waals surface area contributed by atoms with E-state index in [1.54, 1.807) is 12.3 Å². The van der Waals surface area contributed by atoms with Gasteiger partial charge in [0.2, 0.25) is 5.91 Å². The minimum absolute atomic E-state index is 0.0594. The van der Waals surface area contributed by atoms with E-state index in [0.717, 1.165) is 17.8 Å². The van der Waals surface area contributed by atoms with Crippen molar-refractivity contribution in [2.45, 2.75) is 50.8 Å². The second-order valence-electron chi connectivity index (χ2n) is 9.66. The first kappa shape index (κ1) is 25.2. The topological polar surface area (TPSA) is 93.5 Å². The summed E-state index contributed by atoms with van der Waals surface area (Å²) in [5, 5.41) is 16.8. The normalized spacial score (nSPS) is 14.9. The van der Waals surface area contributed by atoms with Crippen molar-refractivity contribution in [2.24, 2.45) is 0 Å². The number of alkyl halides is 3. The first-order valence-electron chi connectivity index (χ1n) is 11.0. The van der Waals surface area contributed by atoms with Crippen LogP contribution in [-0.4, -0.2) is 33.1 Å². The van der Waals surface area contributed by atoms with Gasteiger partial charge in [0, 0.05) is 28.9 Å². The molecule has 1 aromatic heterocycles. The third-order valence-electron chi connectivity index (χ3n) is 5.96. The average molecular weight is 505 g/mol. The molecule has 0 radical (unpaired) electrons. The number of aromatic nitrogens is 2. The van der Waals surface area contributed by atoms with Gasteiger partial charge in [-0.2, -0.15) is 5.10 Å². The minimum atomic E-state index is -4.97. The fourth-order valence-electron chi connectivity index (χ4n) is 3.92. The maximum Gasteiger partial charge on any atom is 0.573 e. The summed E-state index contributed by atoms with van der Waals surface area (Å²) in [6, 6.07) is 8.71. The van der Waals surface area contributed by atoms with Crippen molar-refractivity contribution in [2.75, 3.05) is 5.32 Å². The number of carbonyl (C=O) groups is 2. The van der Waals surface area contributed by atoms with Crippen molar-refractivity contribution in [3.63, 3.8) is 0 Å². The molecule has 1 heterocycles. The number of benzene rings is 2. The standard InChI is InChI=1S/C25H23F4N3O4/c1-23(2,3)20-8-11-32(31-20)19-7-4-14(12-16(19)21(33)34)30-22(35)24(9-10-24)17-6-5-15(13-18(17)26)36-25(27,28)29/h4-8,11-13H,9-10H2,1-3H3,(H,30,35)(H,33,34). The Morgan fingerprint density at radius 3 is 2.31 bits per heavy atom. The molecule has 190 valence electrons. The van der Waals surface area contributed by atoms with E-state index in [0.29, 0.717) is 11.8 Å². The Morgan fingerprint density at radius 2 is 1.78 bits per heavy atom. The number of nitrogens with zero attached hydrogens (tertiary/aromatic N) is 2. The Morgan fingerprint density at radius 1 is 1.08 bits per heavy atom. The van der Waals surface area contributed by atoms with Crippen LogP contribution in [0.2, 0.25) is 0 Å². The molecule has 1 amide bonds. The second-order valence-corrected chi connectivity index (χ2v) is 9.66. The van der Waals surface area contributed by atoms with E-state index in [-0.39, 0.29) is 35.1 Å². The Hall–Kier alpha value is -3.89. The number of aromatic carboxylic acids is 1. The van der Waals surface area contributed by atoms with Crippen LogP contribution in [0.4, 0.5) is 23.2 Å². The van der Waals surface area contributed by atoms with Gasteiger partial charge in [0.05, 0.1) is 22.4 Å². The Balaban J connectivity index is 1.58. The lowest BCUT2D eigenvalue weighted by atomic mass is 9.93. The van der Waals surface area contributed by atoms with Crippen molar-refractivity contribution >= 4 is 17.6 Å². The molecule has 0 spiro atoms. The van der Waals surface area contributed by atoms with Crippen LogP contribution in [0.25, 0.3) is 5.69 Å². The minimum Gasteiger partial charge on any atom is -0.478 e. The van der Waals surface area contributed by atoms with Gasteiger partial charge in [-0.15, -0.1) is 13.2 Å². The number of ether oxygens (including phenoxy) is 1. The molecule has 0 unspecified atom stereocenters. The molecule has 0 saturated heterocycles. The molecule has 11 heteroatoms. The summed E-state index contributed by atoms with van der Waals surface area (Å²) in [5.74, 6) is -3.56. The van der Waals surface area contributed by atoms with E-state index < -0.39 is 35.2 Å². The van der Waals surface area contributed by atoms with E-state index >= 15 is 0 Å². The molecule has 1 aliphatic carbocycles. The van der Waals surface area contributed by atoms with Gasteiger partial charge in [0.15, 0.2) is 0 Å². The van der Waals surface area contributed by atoms with Crippen molar-refractivity contribution < 1.29 is 37.0 Å². The zero-order valence-electron chi connectivity index (χ0n) is 19.6. The summed E-state index contributed by atoms with van der Waals surface area (Å²) >= 11 is 0. The van der Waals surface area contributed by atoms with Crippen LogP contribution in [-0.2, 0) is 15.6 Å². The van der Waals surface area contributed by atoms with Gasteiger partial charge >= 0.3 is 12.3 Å². The van der Waals surface area contributed by atoms with Gasteiger partial charge in [-0.3, -0.25) is 4.79 Å². The molecule has 1 aliphatic rings. The highest BCUT2D eigenvalue weighted by molar-refractivity contribution is 6.02. The van der Waals surface area contributed by atoms with Gasteiger partial charge in [0.25, 0.3) is 0 Å². The molecular weight excluding hydrogens is 482 g/mol. The number of nitrogens with one attached hydrogen (secondary N) is 1. The third-order valence-corrected chi connectivity index (χ3v) is 5.96. The molecule has 0 bridgehead atoms. The smallest absolute Gasteiger partial charge is 0.478 e. The number of carboxylic acids is 1. The molecule has 2 N–H and O–H groups in total. The Kier molecular flexibility index (Phi) is 6.06. The summed E-state index contributed by atoms with van der Waals surface area (Å²) in [6.45, 7) is 5.93. The molecule has 4 rings (SSSR count). The van der Waals surface area contributed by atoms with Gasteiger partial charge in [-0.25, -0.2) is 13.9 Å². The summed E-state index contributed by atoms with van der Waals surface area (Å²) in [4.78, 5) is 25.0. The van der Waals surface area contributed by atoms with Crippen LogP contribution in [0, 0.1) is 5.82 Å². The highest BCUT2D eigenvalue weighted by Crippen LogP contribution is 2.50. The lowest BCUT2D eigenvalue weighted by molar-refractivity contribution is -0.274. The molecular formula is C25H23F4N3O4. The zero-order valence-corrected chi connectivity index (χ0v) is 19.6. The molecule has 0 atom stereocenters. The van der Waals surface area contributed by atoms with Crippen molar-refractivity contribution in [3.8, 4) is 11.4 Å². The van der Waals surface area contributed by atoms with Crippen molar-refractivity contribution in [1.29, 1.82) is 0 Å². The molecule has 2 aromatic carbocycles. The van der Waals surface area contributed by atoms with Crippen molar-refractivity contribution in [1.82, 2.24) is 9.78 Å². The lowest BCUT2D eigenvalue weighted by Crippen LogP contribution is -2.29. The number of anilines is 1. The molecule has 1 fully saturated rings. The second kappa shape index (κ2) is 8.65. The Labute approximate surface area is 203 Å². The first-order chi connectivity index (χ1) is 16.7. The van der Waals surface area contributed by atoms with Crippen molar-refractivity contribution in [3.05, 3.63) is 71.3 Å². The molecule has 7 nitrogen and oxygen atoms in total. The highest BCUT2D eigenvalue weighted by Gasteiger charge is 2.53. The average Bonchev–Trinajstić information content (AvgIpc) is 3.39. The summed E-state index contributed by atoms with van der Waals surface area (Å²) < 4.78 is 57.1. The molecule has 3 aromatic rings. The van der Waals surface area contributed by atoms with Crippen LogP contribution >= 0.6 is 0 Å². The lowest BCUT2D eigenvalue weighted by Gasteiger charge is -2.18. The largest absolute Gasteiger partial charge is 0.573 e. The summed E-state index contributed by atoms with van der Waals surface area (Å²) in [5.41, 5.74) is -0.450. The third kappa shape index (κ3) is 5.05. The number of carboxylic acid groups (broad SMARTS) is 1. The molecule has 36 heavy (non-hydrogen) atoms. The number of hydrogen-bond donors (Lipinski definition) is 2. The predicted molar refractivity (Wildman–Crippen MR) is 122 cm³/mol. The maximum atomic E-state index is 14.6. The quantitative estimate of drug-likeness (QED) is 0.427. The fourth-order valence-corrected chi connectivity index (χ4v) is 3.92. The van der Waals surface area contributed by atoms with E-state index in [9.17, 15) is 32.3 Å². The number of hydrogen-bond acceptors (Lipinski definition) is 4. The zero-order chi connectivity index (χ0) is 26.5. The van der Waals surface area contributed by atoms with Crippen LogP contribution < -0.4 is 10.1 Å². The molecule has 1 saturated carbocycles. The summed E-state index contributed by atoms with van der Waals surface area (Å²) in [6.07, 6.45) is -2.76. The number of rotatable bonds is 6. The van der Waals surface area contributed by atoms with Crippen LogP contribution in [0.1, 0.15) is 55.2 Å². The number of amides is 1. The van der Waals surface area contributed by atoms with Crippen LogP contribution in [0.3, 0.4) is 0 Å². The monoisotopic (exact) mass is 505 g/mol. The summed E-state index contributed by atoms with van der Waals surface area (Å²) in [7, 11) is 0. The van der Waals surface area contributed by atoms with E-state index in [2.05, 4.69) is 15.2 Å². The fraction of sp³-hybridized carbons (Fsp3) is 0.320. The predicted octanol–water partition coefficient (Wildman–Crippen LogP) is 5.58. The van der Waals surface area contributed by atoms with Crippen LogP contribution in [0.5, 0.6) is 5.75 Å². The molecule has 0 aliphatic heterocycles. The highest BCUT2D eigenvalue weighted by atomic mass is 19.4.